The van der Waals surface area contributed by atoms with Crippen LogP contribution in [0.2, 0.25) is 5.15 Å². The number of hydrogen-bond acceptors (Lipinski definition) is 3. The Kier molecular flexibility index (Phi) is 4.80. The summed E-state index contributed by atoms with van der Waals surface area (Å²) >= 11 is 5.99. The summed E-state index contributed by atoms with van der Waals surface area (Å²) in [4.78, 5) is 16.6. The molecule has 0 aliphatic heterocycles. The number of rotatable bonds is 5. The van der Waals surface area contributed by atoms with Gasteiger partial charge in [-0.3, -0.25) is 4.79 Å². The minimum absolute atomic E-state index is 0.178. The number of amides is 1. The first-order valence-corrected chi connectivity index (χ1v) is 7.28. The molecule has 21 heavy (non-hydrogen) atoms. The lowest BCUT2D eigenvalue weighted by Gasteiger charge is -2.25. The lowest BCUT2D eigenvalue weighted by molar-refractivity contribution is -0.00814. The molecule has 1 N–H and O–H groups in total. The second kappa shape index (κ2) is 6.41. The predicted octanol–water partition coefficient (Wildman–Crippen LogP) is 3.43. The topological polar surface area (TPSA) is 51.2 Å². The van der Waals surface area contributed by atoms with Crippen molar-refractivity contribution in [1.29, 1.82) is 0 Å². The number of aromatic nitrogens is 1. The Hall–Kier alpha value is -1.65. The van der Waals surface area contributed by atoms with Crippen molar-refractivity contribution in [3.63, 3.8) is 0 Å². The molecule has 1 amide bonds. The Labute approximate surface area is 129 Å². The Balaban J connectivity index is 2.24. The molecule has 0 saturated heterocycles. The van der Waals surface area contributed by atoms with E-state index in [1.807, 2.05) is 45.0 Å². The number of hydrogen-bond donors (Lipinski definition) is 1. The van der Waals surface area contributed by atoms with Crippen LogP contribution in [0.15, 0.2) is 30.3 Å². The van der Waals surface area contributed by atoms with Crippen molar-refractivity contribution in [2.75, 3.05) is 13.2 Å². The molecule has 0 fully saturated rings. The highest BCUT2D eigenvalue weighted by atomic mass is 35.5. The molecule has 1 heterocycles. The SMILES string of the molecule is CCOC(C)(C)CNC(=O)c1cc(Cl)nc2ccccc12. The minimum atomic E-state index is -0.406. The van der Waals surface area contributed by atoms with E-state index < -0.39 is 5.60 Å². The Bertz CT molecular complexity index is 656. The summed E-state index contributed by atoms with van der Waals surface area (Å²) in [6.07, 6.45) is 0. The fourth-order valence-electron chi connectivity index (χ4n) is 2.16. The van der Waals surface area contributed by atoms with Crippen molar-refractivity contribution in [3.8, 4) is 0 Å². The van der Waals surface area contributed by atoms with Crippen molar-refractivity contribution < 1.29 is 9.53 Å². The van der Waals surface area contributed by atoms with E-state index in [2.05, 4.69) is 10.3 Å². The third kappa shape index (κ3) is 3.93. The molecule has 4 nitrogen and oxygen atoms in total. The van der Waals surface area contributed by atoms with Crippen molar-refractivity contribution in [1.82, 2.24) is 10.3 Å². The van der Waals surface area contributed by atoms with Gasteiger partial charge in [0.1, 0.15) is 5.15 Å². The van der Waals surface area contributed by atoms with Crippen LogP contribution in [0.5, 0.6) is 0 Å². The monoisotopic (exact) mass is 306 g/mol. The maximum atomic E-state index is 12.4. The van der Waals surface area contributed by atoms with Gasteiger partial charge in [0, 0.05) is 18.5 Å². The maximum Gasteiger partial charge on any atom is 0.252 e. The van der Waals surface area contributed by atoms with Gasteiger partial charge in [-0.25, -0.2) is 4.98 Å². The molecule has 2 aromatic rings. The van der Waals surface area contributed by atoms with Gasteiger partial charge in [-0.15, -0.1) is 0 Å². The summed E-state index contributed by atoms with van der Waals surface area (Å²) in [5.74, 6) is -0.178. The van der Waals surface area contributed by atoms with Crippen LogP contribution in [0.3, 0.4) is 0 Å². The van der Waals surface area contributed by atoms with E-state index in [0.717, 1.165) is 5.39 Å². The molecule has 0 saturated carbocycles. The summed E-state index contributed by atoms with van der Waals surface area (Å²) in [6.45, 7) is 6.84. The number of fused-ring (bicyclic) bond motifs is 1. The predicted molar refractivity (Wildman–Crippen MR) is 84.8 cm³/mol. The summed E-state index contributed by atoms with van der Waals surface area (Å²) < 4.78 is 5.57. The number of nitrogens with zero attached hydrogens (tertiary/aromatic N) is 1. The molecule has 2 rings (SSSR count). The van der Waals surface area contributed by atoms with Gasteiger partial charge in [0.15, 0.2) is 0 Å². The molecule has 1 aromatic heterocycles. The van der Waals surface area contributed by atoms with E-state index in [9.17, 15) is 4.79 Å². The highest BCUT2D eigenvalue weighted by molar-refractivity contribution is 6.30. The average molecular weight is 307 g/mol. The Morgan fingerprint density at radius 3 is 2.81 bits per heavy atom. The molecule has 0 atom stereocenters. The van der Waals surface area contributed by atoms with Gasteiger partial charge in [0.25, 0.3) is 5.91 Å². The summed E-state index contributed by atoms with van der Waals surface area (Å²) in [5.41, 5.74) is 0.828. The number of carbonyl (C=O) groups excluding carboxylic acids is 1. The second-order valence-electron chi connectivity index (χ2n) is 5.39. The normalized spacial score (nSPS) is 11.6. The van der Waals surface area contributed by atoms with E-state index in [1.54, 1.807) is 6.07 Å². The van der Waals surface area contributed by atoms with E-state index in [-0.39, 0.29) is 5.91 Å². The van der Waals surface area contributed by atoms with Gasteiger partial charge >= 0.3 is 0 Å². The Morgan fingerprint density at radius 2 is 2.10 bits per heavy atom. The first-order valence-electron chi connectivity index (χ1n) is 6.90. The van der Waals surface area contributed by atoms with Crippen molar-refractivity contribution in [3.05, 3.63) is 41.0 Å². The number of nitrogens with one attached hydrogen (secondary N) is 1. The first-order chi connectivity index (χ1) is 9.93. The van der Waals surface area contributed by atoms with Crippen LogP contribution in [-0.4, -0.2) is 29.6 Å². The third-order valence-corrected chi connectivity index (χ3v) is 3.33. The number of halogens is 1. The van der Waals surface area contributed by atoms with Gasteiger partial charge in [-0.05, 0) is 32.9 Å². The molecule has 0 aliphatic rings. The molecular formula is C16H19ClN2O2. The molecule has 0 bridgehead atoms. The van der Waals surface area contributed by atoms with Crippen molar-refractivity contribution in [2.24, 2.45) is 0 Å². The summed E-state index contributed by atoms with van der Waals surface area (Å²) in [6, 6.07) is 9.03. The van der Waals surface area contributed by atoms with Crippen LogP contribution in [-0.2, 0) is 4.74 Å². The van der Waals surface area contributed by atoms with Crippen LogP contribution in [0.25, 0.3) is 10.9 Å². The zero-order valence-electron chi connectivity index (χ0n) is 12.4. The minimum Gasteiger partial charge on any atom is -0.374 e. The third-order valence-electron chi connectivity index (χ3n) is 3.14. The van der Waals surface area contributed by atoms with Crippen LogP contribution in [0.4, 0.5) is 0 Å². The largest absolute Gasteiger partial charge is 0.374 e. The molecule has 5 heteroatoms. The van der Waals surface area contributed by atoms with Gasteiger partial charge < -0.3 is 10.1 Å². The summed E-state index contributed by atoms with van der Waals surface area (Å²) in [7, 11) is 0. The fraction of sp³-hybridized carbons (Fsp3) is 0.375. The number of para-hydroxylation sites is 1. The fourth-order valence-corrected chi connectivity index (χ4v) is 2.36. The van der Waals surface area contributed by atoms with Gasteiger partial charge in [-0.2, -0.15) is 0 Å². The highest BCUT2D eigenvalue weighted by Gasteiger charge is 2.20. The molecule has 0 aliphatic carbocycles. The molecule has 0 unspecified atom stereocenters. The average Bonchev–Trinajstić information content (AvgIpc) is 2.44. The van der Waals surface area contributed by atoms with Crippen LogP contribution in [0, 0.1) is 0 Å². The van der Waals surface area contributed by atoms with E-state index in [0.29, 0.717) is 29.4 Å². The number of pyridine rings is 1. The molecule has 0 radical (unpaired) electrons. The van der Waals surface area contributed by atoms with E-state index in [1.165, 1.54) is 0 Å². The van der Waals surface area contributed by atoms with Crippen LogP contribution in [0.1, 0.15) is 31.1 Å². The Morgan fingerprint density at radius 1 is 1.38 bits per heavy atom. The zero-order valence-corrected chi connectivity index (χ0v) is 13.2. The first kappa shape index (κ1) is 15.7. The molecule has 0 spiro atoms. The highest BCUT2D eigenvalue weighted by Crippen LogP contribution is 2.21. The van der Waals surface area contributed by atoms with Crippen molar-refractivity contribution in [2.45, 2.75) is 26.4 Å². The van der Waals surface area contributed by atoms with Gasteiger partial charge in [-0.1, -0.05) is 29.8 Å². The molecule has 1 aromatic carbocycles. The molecular weight excluding hydrogens is 288 g/mol. The number of benzene rings is 1. The van der Waals surface area contributed by atoms with E-state index >= 15 is 0 Å². The van der Waals surface area contributed by atoms with Gasteiger partial charge in [0.2, 0.25) is 0 Å². The standard InChI is InChI=1S/C16H19ClN2O2/c1-4-21-16(2,3)10-18-15(20)12-9-14(17)19-13-8-6-5-7-11(12)13/h5-9H,4,10H2,1-3H3,(H,18,20). The van der Waals surface area contributed by atoms with Crippen molar-refractivity contribution >= 4 is 28.4 Å². The zero-order chi connectivity index (χ0) is 15.5. The quantitative estimate of drug-likeness (QED) is 0.861. The lowest BCUT2D eigenvalue weighted by Crippen LogP contribution is -2.40. The van der Waals surface area contributed by atoms with Gasteiger partial charge in [0.05, 0.1) is 16.7 Å². The van der Waals surface area contributed by atoms with Crippen LogP contribution >= 0.6 is 11.6 Å². The number of ether oxygens (including phenoxy) is 1. The molecule has 112 valence electrons. The van der Waals surface area contributed by atoms with Crippen LogP contribution < -0.4 is 5.32 Å². The summed E-state index contributed by atoms with van der Waals surface area (Å²) in [5, 5.41) is 3.99. The maximum absolute atomic E-state index is 12.4. The number of carbonyl (C=O) groups is 1. The second-order valence-corrected chi connectivity index (χ2v) is 5.77. The van der Waals surface area contributed by atoms with E-state index in [4.69, 9.17) is 16.3 Å². The smallest absolute Gasteiger partial charge is 0.252 e. The lowest BCUT2D eigenvalue weighted by atomic mass is 10.1.